The van der Waals surface area contributed by atoms with E-state index in [2.05, 4.69) is 5.32 Å². The largest absolute Gasteiger partial charge is 0.480 e. The SMILES string of the molecule is CC(C)(COCc1ccccc1)C(=O)NC(CC(F)F)C(=O)O. The van der Waals surface area contributed by atoms with Crippen LogP contribution in [-0.2, 0) is 20.9 Å². The number of alkyl halides is 2. The summed E-state index contributed by atoms with van der Waals surface area (Å²) < 4.78 is 30.2. The summed E-state index contributed by atoms with van der Waals surface area (Å²) in [7, 11) is 0. The maximum atomic E-state index is 12.3. The standard InChI is InChI=1S/C16H21F2NO4/c1-16(2,10-23-9-11-6-4-3-5-7-11)15(22)19-12(14(20)21)8-13(17)18/h3-7,12-13H,8-10H2,1-2H3,(H,19,22)(H,20,21). The molecule has 128 valence electrons. The van der Waals surface area contributed by atoms with Crippen molar-refractivity contribution in [3.05, 3.63) is 35.9 Å². The van der Waals surface area contributed by atoms with Gasteiger partial charge in [0.1, 0.15) is 6.04 Å². The average molecular weight is 329 g/mol. The summed E-state index contributed by atoms with van der Waals surface area (Å²) in [5, 5.41) is 11.0. The van der Waals surface area contributed by atoms with Crippen molar-refractivity contribution >= 4 is 11.9 Å². The molecule has 1 rings (SSSR count). The smallest absolute Gasteiger partial charge is 0.326 e. The molecule has 0 radical (unpaired) electrons. The van der Waals surface area contributed by atoms with Gasteiger partial charge in [0, 0.05) is 6.42 Å². The second kappa shape index (κ2) is 8.57. The molecule has 0 aliphatic rings. The van der Waals surface area contributed by atoms with E-state index in [9.17, 15) is 18.4 Å². The highest BCUT2D eigenvalue weighted by Gasteiger charge is 2.32. The minimum absolute atomic E-state index is 0.0365. The van der Waals surface area contributed by atoms with E-state index in [4.69, 9.17) is 9.84 Å². The molecule has 0 aliphatic heterocycles. The van der Waals surface area contributed by atoms with Gasteiger partial charge in [-0.3, -0.25) is 4.79 Å². The third-order valence-electron chi connectivity index (χ3n) is 3.21. The molecule has 2 N–H and O–H groups in total. The molecule has 1 unspecified atom stereocenters. The Morgan fingerprint density at radius 2 is 1.87 bits per heavy atom. The summed E-state index contributed by atoms with van der Waals surface area (Å²) >= 11 is 0. The number of hydrogen-bond donors (Lipinski definition) is 2. The fourth-order valence-corrected chi connectivity index (χ4v) is 1.82. The summed E-state index contributed by atoms with van der Waals surface area (Å²) in [5.74, 6) is -2.13. The fourth-order valence-electron chi connectivity index (χ4n) is 1.82. The number of carbonyl (C=O) groups is 2. The van der Waals surface area contributed by atoms with Crippen molar-refractivity contribution < 1.29 is 28.2 Å². The number of halogens is 2. The van der Waals surface area contributed by atoms with Gasteiger partial charge in [0.25, 0.3) is 0 Å². The molecule has 1 atom stereocenters. The molecule has 0 heterocycles. The lowest BCUT2D eigenvalue weighted by Crippen LogP contribution is -2.48. The van der Waals surface area contributed by atoms with Crippen LogP contribution in [0.1, 0.15) is 25.8 Å². The van der Waals surface area contributed by atoms with Crippen LogP contribution < -0.4 is 5.32 Å². The summed E-state index contributed by atoms with van der Waals surface area (Å²) in [4.78, 5) is 23.0. The van der Waals surface area contributed by atoms with Gasteiger partial charge < -0.3 is 15.2 Å². The predicted octanol–water partition coefficient (Wildman–Crippen LogP) is 2.45. The number of ether oxygens (including phenoxy) is 1. The topological polar surface area (TPSA) is 75.6 Å². The van der Waals surface area contributed by atoms with Gasteiger partial charge in [0.15, 0.2) is 0 Å². The van der Waals surface area contributed by atoms with Crippen molar-refractivity contribution in [2.75, 3.05) is 6.61 Å². The van der Waals surface area contributed by atoms with Crippen molar-refractivity contribution in [1.82, 2.24) is 5.32 Å². The summed E-state index contributed by atoms with van der Waals surface area (Å²) in [6, 6.07) is 7.72. The molecule has 0 aliphatic carbocycles. The van der Waals surface area contributed by atoms with Crippen LogP contribution in [0.5, 0.6) is 0 Å². The third-order valence-corrected chi connectivity index (χ3v) is 3.21. The number of aliphatic carboxylic acids is 1. The monoisotopic (exact) mass is 329 g/mol. The Hall–Kier alpha value is -2.02. The van der Waals surface area contributed by atoms with E-state index in [1.807, 2.05) is 30.3 Å². The molecule has 0 bridgehead atoms. The van der Waals surface area contributed by atoms with Crippen LogP contribution in [-0.4, -0.2) is 36.1 Å². The zero-order valence-corrected chi connectivity index (χ0v) is 13.1. The lowest BCUT2D eigenvalue weighted by atomic mass is 9.93. The first kappa shape index (κ1) is 19.0. The first-order chi connectivity index (χ1) is 10.7. The van der Waals surface area contributed by atoms with Crippen molar-refractivity contribution in [2.24, 2.45) is 5.41 Å². The molecule has 1 aromatic rings. The van der Waals surface area contributed by atoms with E-state index in [0.717, 1.165) is 5.56 Å². The van der Waals surface area contributed by atoms with Gasteiger partial charge in [-0.15, -0.1) is 0 Å². The second-order valence-electron chi connectivity index (χ2n) is 5.85. The van der Waals surface area contributed by atoms with E-state index in [0.29, 0.717) is 6.61 Å². The van der Waals surface area contributed by atoms with Crippen LogP contribution in [0.25, 0.3) is 0 Å². The Balaban J connectivity index is 2.53. The molecule has 1 amide bonds. The first-order valence-corrected chi connectivity index (χ1v) is 7.16. The number of amides is 1. The normalized spacial score (nSPS) is 12.9. The highest BCUT2D eigenvalue weighted by molar-refractivity contribution is 5.87. The van der Waals surface area contributed by atoms with Crippen LogP contribution in [0.2, 0.25) is 0 Å². The van der Waals surface area contributed by atoms with E-state index < -0.39 is 36.2 Å². The molecular formula is C16H21F2NO4. The molecule has 1 aromatic carbocycles. The van der Waals surface area contributed by atoms with Gasteiger partial charge in [-0.25, -0.2) is 13.6 Å². The Kier molecular flexibility index (Phi) is 7.09. The van der Waals surface area contributed by atoms with Gasteiger partial charge in [-0.1, -0.05) is 30.3 Å². The van der Waals surface area contributed by atoms with Crippen molar-refractivity contribution in [3.8, 4) is 0 Å². The van der Waals surface area contributed by atoms with E-state index in [1.165, 1.54) is 0 Å². The first-order valence-electron chi connectivity index (χ1n) is 7.16. The van der Waals surface area contributed by atoms with Crippen LogP contribution >= 0.6 is 0 Å². The lowest BCUT2D eigenvalue weighted by molar-refractivity contribution is -0.145. The number of rotatable bonds is 9. The van der Waals surface area contributed by atoms with Crippen LogP contribution in [0.15, 0.2) is 30.3 Å². The van der Waals surface area contributed by atoms with Gasteiger partial charge in [-0.05, 0) is 19.4 Å². The highest BCUT2D eigenvalue weighted by atomic mass is 19.3. The van der Waals surface area contributed by atoms with Crippen LogP contribution in [0.4, 0.5) is 8.78 Å². The van der Waals surface area contributed by atoms with Crippen molar-refractivity contribution in [2.45, 2.75) is 39.3 Å². The Labute approximate surface area is 133 Å². The van der Waals surface area contributed by atoms with Gasteiger partial charge in [-0.2, -0.15) is 0 Å². The predicted molar refractivity (Wildman–Crippen MR) is 80.1 cm³/mol. The van der Waals surface area contributed by atoms with Crippen LogP contribution in [0, 0.1) is 5.41 Å². The minimum Gasteiger partial charge on any atom is -0.480 e. The maximum absolute atomic E-state index is 12.3. The zero-order chi connectivity index (χ0) is 17.5. The number of nitrogens with one attached hydrogen (secondary N) is 1. The van der Waals surface area contributed by atoms with E-state index in [1.54, 1.807) is 13.8 Å². The molecule has 0 fully saturated rings. The second-order valence-corrected chi connectivity index (χ2v) is 5.85. The van der Waals surface area contributed by atoms with E-state index >= 15 is 0 Å². The van der Waals surface area contributed by atoms with E-state index in [-0.39, 0.29) is 6.61 Å². The molecular weight excluding hydrogens is 308 g/mol. The Morgan fingerprint density at radius 1 is 1.26 bits per heavy atom. The molecule has 23 heavy (non-hydrogen) atoms. The van der Waals surface area contributed by atoms with Gasteiger partial charge >= 0.3 is 5.97 Å². The fraction of sp³-hybridized carbons (Fsp3) is 0.500. The molecule has 0 aromatic heterocycles. The highest BCUT2D eigenvalue weighted by Crippen LogP contribution is 2.18. The maximum Gasteiger partial charge on any atom is 0.326 e. The molecule has 0 saturated heterocycles. The Bertz CT molecular complexity index is 520. The zero-order valence-electron chi connectivity index (χ0n) is 13.1. The number of hydrogen-bond acceptors (Lipinski definition) is 3. The molecule has 0 saturated carbocycles. The van der Waals surface area contributed by atoms with Gasteiger partial charge in [0.2, 0.25) is 12.3 Å². The number of carboxylic acids is 1. The van der Waals surface area contributed by atoms with Crippen LogP contribution in [0.3, 0.4) is 0 Å². The average Bonchev–Trinajstić information content (AvgIpc) is 2.46. The molecule has 0 spiro atoms. The summed E-state index contributed by atoms with van der Waals surface area (Å²) in [5.41, 5.74) is -0.102. The van der Waals surface area contributed by atoms with Gasteiger partial charge in [0.05, 0.1) is 18.6 Å². The number of carbonyl (C=O) groups excluding carboxylic acids is 1. The minimum atomic E-state index is -2.81. The number of benzene rings is 1. The molecule has 5 nitrogen and oxygen atoms in total. The third kappa shape index (κ3) is 6.73. The lowest BCUT2D eigenvalue weighted by Gasteiger charge is -2.25. The van der Waals surface area contributed by atoms with Crippen molar-refractivity contribution in [1.29, 1.82) is 0 Å². The molecule has 7 heteroatoms. The Morgan fingerprint density at radius 3 is 2.39 bits per heavy atom. The van der Waals surface area contributed by atoms with Crippen molar-refractivity contribution in [3.63, 3.8) is 0 Å². The summed E-state index contributed by atoms with van der Waals surface area (Å²) in [6.07, 6.45) is -3.74. The summed E-state index contributed by atoms with van der Waals surface area (Å²) in [6.45, 7) is 3.47. The quantitative estimate of drug-likeness (QED) is 0.730. The number of carboxylic acid groups (broad SMARTS) is 1.